The standard InChI is InChI=1S/C17H20N4O/c1-13-11-16(18)21(19-13)12-17(22)20-9-7-15(8-10-20)14-5-3-2-4-6-14/h2-7,11H,8-10,12,18H2,1H3. The van der Waals surface area contributed by atoms with Crippen LogP contribution in [0.5, 0.6) is 0 Å². The molecule has 0 saturated heterocycles. The van der Waals surface area contributed by atoms with Crippen molar-refractivity contribution in [1.29, 1.82) is 0 Å². The summed E-state index contributed by atoms with van der Waals surface area (Å²) in [6.45, 7) is 3.45. The van der Waals surface area contributed by atoms with Gasteiger partial charge in [-0.2, -0.15) is 5.10 Å². The van der Waals surface area contributed by atoms with Gasteiger partial charge in [0.1, 0.15) is 12.4 Å². The first kappa shape index (κ1) is 14.4. The fourth-order valence-electron chi connectivity index (χ4n) is 2.73. The SMILES string of the molecule is Cc1cc(N)n(CC(=O)N2CC=C(c3ccccc3)CC2)n1. The van der Waals surface area contributed by atoms with Crippen molar-refractivity contribution in [3.63, 3.8) is 0 Å². The number of rotatable bonds is 3. The van der Waals surface area contributed by atoms with Crippen molar-refractivity contribution in [1.82, 2.24) is 14.7 Å². The highest BCUT2D eigenvalue weighted by molar-refractivity contribution is 5.78. The van der Waals surface area contributed by atoms with Crippen LogP contribution < -0.4 is 5.73 Å². The molecule has 0 radical (unpaired) electrons. The largest absolute Gasteiger partial charge is 0.384 e. The van der Waals surface area contributed by atoms with Crippen LogP contribution in [-0.4, -0.2) is 33.7 Å². The van der Waals surface area contributed by atoms with E-state index in [1.807, 2.05) is 30.0 Å². The zero-order valence-corrected chi connectivity index (χ0v) is 12.7. The number of benzene rings is 1. The predicted octanol–water partition coefficient (Wildman–Crippen LogP) is 2.09. The van der Waals surface area contributed by atoms with Gasteiger partial charge >= 0.3 is 0 Å². The van der Waals surface area contributed by atoms with Crippen molar-refractivity contribution >= 4 is 17.3 Å². The van der Waals surface area contributed by atoms with Gasteiger partial charge in [0.25, 0.3) is 0 Å². The number of hydrogen-bond donors (Lipinski definition) is 1. The lowest BCUT2D eigenvalue weighted by molar-refractivity contribution is -0.131. The summed E-state index contributed by atoms with van der Waals surface area (Å²) in [5, 5.41) is 4.24. The smallest absolute Gasteiger partial charge is 0.244 e. The van der Waals surface area contributed by atoms with Gasteiger partial charge in [0.15, 0.2) is 0 Å². The Morgan fingerprint density at radius 1 is 1.32 bits per heavy atom. The summed E-state index contributed by atoms with van der Waals surface area (Å²) in [5.41, 5.74) is 9.21. The molecule has 114 valence electrons. The van der Waals surface area contributed by atoms with Crippen molar-refractivity contribution < 1.29 is 4.79 Å². The first-order valence-corrected chi connectivity index (χ1v) is 7.45. The fraction of sp³-hybridized carbons (Fsp3) is 0.294. The monoisotopic (exact) mass is 296 g/mol. The van der Waals surface area contributed by atoms with Gasteiger partial charge in [-0.1, -0.05) is 36.4 Å². The second-order valence-electron chi connectivity index (χ2n) is 5.55. The quantitative estimate of drug-likeness (QED) is 0.943. The minimum atomic E-state index is 0.0539. The molecule has 0 bridgehead atoms. The van der Waals surface area contributed by atoms with Crippen molar-refractivity contribution in [2.75, 3.05) is 18.8 Å². The van der Waals surface area contributed by atoms with Crippen LogP contribution in [0.1, 0.15) is 17.7 Å². The van der Waals surface area contributed by atoms with Crippen LogP contribution in [0.3, 0.4) is 0 Å². The van der Waals surface area contributed by atoms with Crippen molar-refractivity contribution in [2.45, 2.75) is 19.9 Å². The Bertz CT molecular complexity index is 703. The van der Waals surface area contributed by atoms with Gasteiger partial charge in [0.2, 0.25) is 5.91 Å². The molecule has 5 nitrogen and oxygen atoms in total. The Balaban J connectivity index is 1.64. The maximum absolute atomic E-state index is 12.4. The van der Waals surface area contributed by atoms with Gasteiger partial charge in [0, 0.05) is 19.2 Å². The number of nitrogens with zero attached hydrogens (tertiary/aromatic N) is 3. The molecule has 2 heterocycles. The Morgan fingerprint density at radius 2 is 2.09 bits per heavy atom. The number of aromatic nitrogens is 2. The number of carbonyl (C=O) groups excluding carboxylic acids is 1. The van der Waals surface area contributed by atoms with E-state index in [1.165, 1.54) is 11.1 Å². The van der Waals surface area contributed by atoms with Crippen LogP contribution in [0.4, 0.5) is 5.82 Å². The average molecular weight is 296 g/mol. The zero-order chi connectivity index (χ0) is 15.5. The average Bonchev–Trinajstić information content (AvgIpc) is 2.86. The number of nitrogens with two attached hydrogens (primary N) is 1. The molecule has 1 amide bonds. The third-order valence-electron chi connectivity index (χ3n) is 3.92. The van der Waals surface area contributed by atoms with Crippen molar-refractivity contribution in [3.05, 3.63) is 53.7 Å². The lowest BCUT2D eigenvalue weighted by Gasteiger charge is -2.26. The molecule has 1 aromatic carbocycles. The number of aryl methyl sites for hydroxylation is 1. The normalized spacial score (nSPS) is 14.8. The van der Waals surface area contributed by atoms with Gasteiger partial charge in [-0.3, -0.25) is 4.79 Å². The molecule has 0 unspecified atom stereocenters. The third-order valence-corrected chi connectivity index (χ3v) is 3.92. The van der Waals surface area contributed by atoms with E-state index in [9.17, 15) is 4.79 Å². The second-order valence-corrected chi connectivity index (χ2v) is 5.55. The lowest BCUT2D eigenvalue weighted by atomic mass is 9.99. The molecule has 1 aliphatic heterocycles. The molecule has 0 aliphatic carbocycles. The summed E-state index contributed by atoms with van der Waals surface area (Å²) in [6, 6.07) is 12.1. The van der Waals surface area contributed by atoms with Crippen LogP contribution in [0.2, 0.25) is 0 Å². The molecule has 2 aromatic rings. The molecule has 3 rings (SSSR count). The van der Waals surface area contributed by atoms with E-state index in [4.69, 9.17) is 5.73 Å². The molecule has 0 saturated carbocycles. The van der Waals surface area contributed by atoms with Crippen LogP contribution in [-0.2, 0) is 11.3 Å². The van der Waals surface area contributed by atoms with Gasteiger partial charge < -0.3 is 10.6 Å². The van der Waals surface area contributed by atoms with Crippen LogP contribution in [0.15, 0.2) is 42.5 Å². The number of carbonyl (C=O) groups is 1. The summed E-state index contributed by atoms with van der Waals surface area (Å²) in [4.78, 5) is 14.2. The predicted molar refractivity (Wildman–Crippen MR) is 87.0 cm³/mol. The molecule has 0 spiro atoms. The molecular formula is C17H20N4O. The Kier molecular flexibility index (Phi) is 3.96. The van der Waals surface area contributed by atoms with E-state index >= 15 is 0 Å². The Hall–Kier alpha value is -2.56. The summed E-state index contributed by atoms with van der Waals surface area (Å²) < 4.78 is 1.56. The van der Waals surface area contributed by atoms with E-state index in [0.717, 1.165) is 18.7 Å². The van der Waals surface area contributed by atoms with Crippen molar-refractivity contribution in [2.24, 2.45) is 0 Å². The second kappa shape index (κ2) is 6.05. The van der Waals surface area contributed by atoms with Crippen LogP contribution in [0, 0.1) is 6.92 Å². The highest BCUT2D eigenvalue weighted by Gasteiger charge is 2.19. The summed E-state index contributed by atoms with van der Waals surface area (Å²) in [6.07, 6.45) is 3.01. The van der Waals surface area contributed by atoms with E-state index in [1.54, 1.807) is 10.7 Å². The molecule has 0 fully saturated rings. The zero-order valence-electron chi connectivity index (χ0n) is 12.7. The Labute approximate surface area is 130 Å². The number of hydrogen-bond acceptors (Lipinski definition) is 3. The highest BCUT2D eigenvalue weighted by Crippen LogP contribution is 2.22. The van der Waals surface area contributed by atoms with E-state index in [2.05, 4.69) is 23.3 Å². The number of nitrogen functional groups attached to an aromatic ring is 1. The maximum atomic E-state index is 12.4. The third kappa shape index (κ3) is 3.03. The van der Waals surface area contributed by atoms with Gasteiger partial charge in [0.05, 0.1) is 5.69 Å². The minimum absolute atomic E-state index is 0.0539. The van der Waals surface area contributed by atoms with E-state index in [0.29, 0.717) is 12.4 Å². The minimum Gasteiger partial charge on any atom is -0.384 e. The fourth-order valence-corrected chi connectivity index (χ4v) is 2.73. The first-order valence-electron chi connectivity index (χ1n) is 7.45. The van der Waals surface area contributed by atoms with Gasteiger partial charge in [-0.15, -0.1) is 0 Å². The molecule has 1 aromatic heterocycles. The van der Waals surface area contributed by atoms with Crippen LogP contribution in [0.25, 0.3) is 5.57 Å². The molecule has 1 aliphatic rings. The number of anilines is 1. The molecule has 0 atom stereocenters. The van der Waals surface area contributed by atoms with Gasteiger partial charge in [-0.05, 0) is 24.5 Å². The van der Waals surface area contributed by atoms with Gasteiger partial charge in [-0.25, -0.2) is 4.68 Å². The van der Waals surface area contributed by atoms with E-state index in [-0.39, 0.29) is 12.5 Å². The molecule has 22 heavy (non-hydrogen) atoms. The lowest BCUT2D eigenvalue weighted by Crippen LogP contribution is -2.37. The maximum Gasteiger partial charge on any atom is 0.244 e. The first-order chi connectivity index (χ1) is 10.6. The summed E-state index contributed by atoms with van der Waals surface area (Å²) in [7, 11) is 0. The summed E-state index contributed by atoms with van der Waals surface area (Å²) in [5.74, 6) is 0.585. The Morgan fingerprint density at radius 3 is 2.68 bits per heavy atom. The summed E-state index contributed by atoms with van der Waals surface area (Å²) >= 11 is 0. The van der Waals surface area contributed by atoms with Crippen molar-refractivity contribution in [3.8, 4) is 0 Å². The molecule has 5 heteroatoms. The molecular weight excluding hydrogens is 276 g/mol. The molecule has 2 N–H and O–H groups in total. The topological polar surface area (TPSA) is 64.2 Å². The van der Waals surface area contributed by atoms with Crippen LogP contribution >= 0.6 is 0 Å². The number of amides is 1. The highest BCUT2D eigenvalue weighted by atomic mass is 16.2. The van der Waals surface area contributed by atoms with E-state index < -0.39 is 0 Å².